The largest absolute Gasteiger partial charge is 0.461 e. The van der Waals surface area contributed by atoms with Crippen LogP contribution in [0.4, 0.5) is 4.79 Å². The van der Waals surface area contributed by atoms with Gasteiger partial charge in [-0.3, -0.25) is 4.79 Å². The second kappa shape index (κ2) is 13.9. The van der Waals surface area contributed by atoms with Gasteiger partial charge < -0.3 is 14.5 Å². The lowest BCUT2D eigenvalue weighted by atomic mass is 10.0. The Balaban J connectivity index is 1.20. The van der Waals surface area contributed by atoms with Crippen molar-refractivity contribution >= 4 is 71.6 Å². The maximum atomic E-state index is 13.8. The highest BCUT2D eigenvalue weighted by atomic mass is 79.9. The summed E-state index contributed by atoms with van der Waals surface area (Å²) in [5.74, 6) is 0.767. The van der Waals surface area contributed by atoms with E-state index >= 15 is 0 Å². The van der Waals surface area contributed by atoms with Crippen molar-refractivity contribution in [2.24, 2.45) is 0 Å². The number of urea groups is 1. The molecule has 3 aromatic carbocycles. The number of hydrogen-bond acceptors (Lipinski definition) is 4. The monoisotopic (exact) mass is 748 g/mol. The molecule has 0 saturated carbocycles. The first-order valence-electron chi connectivity index (χ1n) is 13.4. The molecule has 3 atom stereocenters. The number of esters is 1. The summed E-state index contributed by atoms with van der Waals surface area (Å²) in [4.78, 5) is 30.3. The number of thioether (sulfide) groups is 1. The first-order valence-corrected chi connectivity index (χ1v) is 16.9. The van der Waals surface area contributed by atoms with Crippen LogP contribution in [0.25, 0.3) is 0 Å². The molecule has 9 heteroatoms. The summed E-state index contributed by atoms with van der Waals surface area (Å²) in [6.45, 7) is 1.49. The van der Waals surface area contributed by atoms with E-state index in [2.05, 4.69) is 81.9 Å². The van der Waals surface area contributed by atoms with Gasteiger partial charge >= 0.3 is 12.0 Å². The van der Waals surface area contributed by atoms with Crippen molar-refractivity contribution in [3.8, 4) is 0 Å². The van der Waals surface area contributed by atoms with Crippen molar-refractivity contribution in [1.82, 2.24) is 9.80 Å². The maximum absolute atomic E-state index is 13.8. The van der Waals surface area contributed by atoms with Crippen LogP contribution in [0.3, 0.4) is 0 Å². The number of halogens is 3. The molecule has 0 bridgehead atoms. The molecule has 0 radical (unpaired) electrons. The van der Waals surface area contributed by atoms with Crippen molar-refractivity contribution in [3.63, 3.8) is 0 Å². The Morgan fingerprint density at radius 1 is 0.825 bits per heavy atom. The standard InChI is InChI=1S/C31H31Br3N2O3S/c32-24-9-3-6-21(14-24)17-35-27-20-40-28(30(27)36(31(35)38)18-22-7-4-10-25(33)15-22)12-1-2-13-29(37)39-19-23-8-5-11-26(34)16-23/h3-11,14-16,27-28,30H,1-2,12-13,17-20H2/t27-,28-,30-/m0/s1. The summed E-state index contributed by atoms with van der Waals surface area (Å²) in [5, 5.41) is 0.339. The van der Waals surface area contributed by atoms with Gasteiger partial charge in [0.05, 0.1) is 12.1 Å². The molecule has 0 spiro atoms. The van der Waals surface area contributed by atoms with Gasteiger partial charge in [-0.15, -0.1) is 0 Å². The molecule has 210 valence electrons. The minimum atomic E-state index is -0.163. The second-order valence-electron chi connectivity index (χ2n) is 10.3. The highest BCUT2D eigenvalue weighted by molar-refractivity contribution is 9.11. The number of benzene rings is 3. The Bertz CT molecular complexity index is 1360. The van der Waals surface area contributed by atoms with E-state index in [4.69, 9.17) is 4.74 Å². The molecule has 3 aromatic rings. The summed E-state index contributed by atoms with van der Waals surface area (Å²) in [6, 6.07) is 24.6. The highest BCUT2D eigenvalue weighted by Gasteiger charge is 2.52. The molecule has 2 aliphatic rings. The van der Waals surface area contributed by atoms with Crippen LogP contribution in [0.15, 0.2) is 86.2 Å². The molecule has 40 heavy (non-hydrogen) atoms. The van der Waals surface area contributed by atoms with Gasteiger partial charge in [0.15, 0.2) is 0 Å². The summed E-state index contributed by atoms with van der Waals surface area (Å²) in [5.41, 5.74) is 3.22. The van der Waals surface area contributed by atoms with Gasteiger partial charge in [-0.25, -0.2) is 4.79 Å². The van der Waals surface area contributed by atoms with Crippen LogP contribution in [0.2, 0.25) is 0 Å². The fourth-order valence-electron chi connectivity index (χ4n) is 5.54. The number of ether oxygens (including phenoxy) is 1. The van der Waals surface area contributed by atoms with Crippen molar-refractivity contribution < 1.29 is 14.3 Å². The number of carbonyl (C=O) groups excluding carboxylic acids is 2. The minimum Gasteiger partial charge on any atom is -0.461 e. The number of carbonyl (C=O) groups is 2. The van der Waals surface area contributed by atoms with Crippen LogP contribution in [0.5, 0.6) is 0 Å². The van der Waals surface area contributed by atoms with Crippen LogP contribution in [-0.2, 0) is 29.2 Å². The van der Waals surface area contributed by atoms with Gasteiger partial charge in [0.1, 0.15) is 6.61 Å². The van der Waals surface area contributed by atoms with E-state index in [1.54, 1.807) is 0 Å². The highest BCUT2D eigenvalue weighted by Crippen LogP contribution is 2.43. The van der Waals surface area contributed by atoms with Crippen LogP contribution in [0.1, 0.15) is 42.4 Å². The third-order valence-electron chi connectivity index (χ3n) is 7.40. The zero-order chi connectivity index (χ0) is 28.1. The van der Waals surface area contributed by atoms with Crippen LogP contribution in [0, 0.1) is 0 Å². The van der Waals surface area contributed by atoms with Crippen molar-refractivity contribution in [2.45, 2.75) is 62.7 Å². The fourth-order valence-corrected chi connectivity index (χ4v) is 8.56. The first-order chi connectivity index (χ1) is 19.4. The van der Waals surface area contributed by atoms with E-state index in [0.29, 0.717) is 31.4 Å². The average molecular weight is 751 g/mol. The Morgan fingerprint density at radius 2 is 1.40 bits per heavy atom. The molecule has 0 aromatic heterocycles. The summed E-state index contributed by atoms with van der Waals surface area (Å²) in [7, 11) is 0. The Labute approximate surface area is 265 Å². The van der Waals surface area contributed by atoms with Gasteiger partial charge in [-0.05, 0) is 65.9 Å². The number of amides is 2. The normalized spacial score (nSPS) is 20.2. The summed E-state index contributed by atoms with van der Waals surface area (Å²) in [6.07, 6.45) is 3.09. The van der Waals surface area contributed by atoms with Gasteiger partial charge in [-0.2, -0.15) is 11.8 Å². The zero-order valence-corrected chi connectivity index (χ0v) is 27.6. The van der Waals surface area contributed by atoms with E-state index in [0.717, 1.165) is 55.1 Å². The number of fused-ring (bicyclic) bond motifs is 1. The number of unbranched alkanes of at least 4 members (excludes halogenated alkanes) is 1. The average Bonchev–Trinajstić information content (AvgIpc) is 3.44. The first kappa shape index (κ1) is 29.7. The topological polar surface area (TPSA) is 49.9 Å². The van der Waals surface area contributed by atoms with E-state index < -0.39 is 0 Å². The lowest BCUT2D eigenvalue weighted by Crippen LogP contribution is -2.40. The summed E-state index contributed by atoms with van der Waals surface area (Å²) < 4.78 is 8.49. The van der Waals surface area contributed by atoms with Crippen molar-refractivity contribution in [1.29, 1.82) is 0 Å². The maximum Gasteiger partial charge on any atom is 0.321 e. The Hall–Kier alpha value is -1.81. The molecule has 5 nitrogen and oxygen atoms in total. The van der Waals surface area contributed by atoms with Crippen LogP contribution in [-0.4, -0.2) is 44.9 Å². The number of rotatable bonds is 11. The molecule has 2 fully saturated rings. The van der Waals surface area contributed by atoms with Crippen molar-refractivity contribution in [3.05, 3.63) is 103 Å². The second-order valence-corrected chi connectivity index (χ2v) is 14.3. The predicted octanol–water partition coefficient (Wildman–Crippen LogP) is 8.57. The lowest BCUT2D eigenvalue weighted by molar-refractivity contribution is -0.145. The Kier molecular flexibility index (Phi) is 10.3. The molecular weight excluding hydrogens is 720 g/mol. The Morgan fingerprint density at radius 3 is 2.02 bits per heavy atom. The third kappa shape index (κ3) is 7.52. The number of hydrogen-bond donors (Lipinski definition) is 0. The third-order valence-corrected chi connectivity index (χ3v) is 10.4. The molecule has 2 heterocycles. The van der Waals surface area contributed by atoms with Gasteiger partial charge in [0.25, 0.3) is 0 Å². The molecule has 2 saturated heterocycles. The van der Waals surface area contributed by atoms with Crippen molar-refractivity contribution in [2.75, 3.05) is 5.75 Å². The van der Waals surface area contributed by atoms with E-state index in [9.17, 15) is 9.59 Å². The van der Waals surface area contributed by atoms with Gasteiger partial charge in [0, 0.05) is 43.9 Å². The lowest BCUT2D eigenvalue weighted by Gasteiger charge is -2.27. The minimum absolute atomic E-state index is 0.108. The molecule has 0 unspecified atom stereocenters. The summed E-state index contributed by atoms with van der Waals surface area (Å²) >= 11 is 12.6. The van der Waals surface area contributed by atoms with Crippen LogP contribution < -0.4 is 0 Å². The zero-order valence-electron chi connectivity index (χ0n) is 22.0. The molecule has 0 aliphatic carbocycles. The molecular formula is C31H31Br3N2O3S. The number of nitrogens with zero attached hydrogens (tertiary/aromatic N) is 2. The SMILES string of the molecule is O=C(CCCC[C@@H]1SC[C@H]2[C@@H]1N(Cc1cccc(Br)c1)C(=O)N2Cc1cccc(Br)c1)OCc1cccc(Br)c1. The van der Waals surface area contributed by atoms with Gasteiger partial charge in [-0.1, -0.05) is 90.6 Å². The molecule has 2 aliphatic heterocycles. The van der Waals surface area contributed by atoms with Crippen LogP contribution >= 0.6 is 59.6 Å². The van der Waals surface area contributed by atoms with E-state index in [1.165, 1.54) is 0 Å². The molecule has 2 amide bonds. The fraction of sp³-hybridized carbons (Fsp3) is 0.355. The molecule has 0 N–H and O–H groups in total. The van der Waals surface area contributed by atoms with Gasteiger partial charge in [0.2, 0.25) is 0 Å². The molecule has 5 rings (SSSR count). The van der Waals surface area contributed by atoms with E-state index in [-0.39, 0.29) is 24.1 Å². The predicted molar refractivity (Wildman–Crippen MR) is 171 cm³/mol. The van der Waals surface area contributed by atoms with E-state index in [1.807, 2.05) is 60.3 Å². The smallest absolute Gasteiger partial charge is 0.321 e. The quantitative estimate of drug-likeness (QED) is 0.112.